The first-order chi connectivity index (χ1) is 60.2. The van der Waals surface area contributed by atoms with Crippen LogP contribution in [0.3, 0.4) is 0 Å². The molecule has 4 fully saturated rings. The maximum atomic E-state index is 14.6. The molecule has 15 aromatic rings. The topological polar surface area (TPSA) is 348 Å². The molecule has 20 rings (SSSR count). The molecule has 652 valence electrons. The Hall–Kier alpha value is -14.0. The number of nitrogens with zero attached hydrogens (tertiary/aromatic N) is 29. The highest BCUT2D eigenvalue weighted by molar-refractivity contribution is 5.83. The van der Waals surface area contributed by atoms with Gasteiger partial charge in [-0.1, -0.05) is 6.08 Å². The third-order valence-electron chi connectivity index (χ3n) is 22.8. The third kappa shape index (κ3) is 17.2. The average molecular weight is 1750 g/mol. The number of aryl methyl sites for hydroxylation is 1. The normalized spacial score (nSPS) is 21.2. The van der Waals surface area contributed by atoms with Gasteiger partial charge in [-0.3, -0.25) is 37.5 Å². The quantitative estimate of drug-likeness (QED) is 0.0652. The van der Waals surface area contributed by atoms with Crippen LogP contribution in [0.5, 0.6) is 0 Å². The van der Waals surface area contributed by atoms with E-state index in [1.54, 1.807) is 23.3 Å². The Labute approximate surface area is 705 Å². The summed E-state index contributed by atoms with van der Waals surface area (Å²) in [7, 11) is 1.88. The van der Waals surface area contributed by atoms with Gasteiger partial charge in [0.1, 0.15) is 46.0 Å². The predicted octanol–water partition coefficient (Wildman–Crippen LogP) is 12.4. The fourth-order valence-corrected chi connectivity index (χ4v) is 16.5. The number of hydrogen-bond donors (Lipinski definition) is 4. The molecule has 4 saturated heterocycles. The lowest BCUT2D eigenvalue weighted by Crippen LogP contribution is -2.61. The number of anilines is 4. The van der Waals surface area contributed by atoms with Crippen molar-refractivity contribution in [2.24, 2.45) is 12.0 Å². The summed E-state index contributed by atoms with van der Waals surface area (Å²) < 4.78 is 179. The van der Waals surface area contributed by atoms with Crippen molar-refractivity contribution < 1.29 is 57.1 Å². The van der Waals surface area contributed by atoms with Gasteiger partial charge in [0.15, 0.2) is 68.7 Å². The zero-order chi connectivity index (χ0) is 88.4. The van der Waals surface area contributed by atoms with Crippen molar-refractivity contribution in [3.8, 4) is 46.1 Å². The van der Waals surface area contributed by atoms with E-state index in [9.17, 15) is 57.1 Å². The number of nitrogens with one attached hydrogen (secondary N) is 4. The van der Waals surface area contributed by atoms with Crippen LogP contribution in [-0.4, -0.2) is 209 Å². The van der Waals surface area contributed by atoms with Gasteiger partial charge in [-0.15, -0.1) is 0 Å². The smallest absolute Gasteiger partial charge is 0.353 e. The fourth-order valence-electron chi connectivity index (χ4n) is 16.5. The van der Waals surface area contributed by atoms with E-state index in [1.165, 1.54) is 48.5 Å². The highest BCUT2D eigenvalue weighted by atomic mass is 19.4. The lowest BCUT2D eigenvalue weighted by atomic mass is 9.95. The second kappa shape index (κ2) is 33.6. The molecule has 0 saturated carbocycles. The summed E-state index contributed by atoms with van der Waals surface area (Å²) in [6.45, 7) is 16.0. The number of hydrogen-bond acceptors (Lipinski definition) is 26. The van der Waals surface area contributed by atoms with E-state index in [0.29, 0.717) is 83.1 Å². The van der Waals surface area contributed by atoms with Crippen LogP contribution in [0.2, 0.25) is 0 Å². The SMILES string of the molecule is CC1C(c2cn[nH]c2)CCN1c1ccnc(-c2cnc3cnc(C(F)(F)F)cn23)n1.CC1C(c2cn[nH]c2)CCN1c1ccnc(-c2cnc3cnc(C(F)(F)F)cn23)n1.CC1CN(c2cc(F)nc(-c3cnc4cnc(C(F)(F)F)cn34)n2)C(C)C(C2=CCN=C2)N1.CC1CN(c2ccnc(-c3cnc4cnc(C(F)(F)F)cn34)n2)C(C)C(c2cnn(C)c2)N1. The monoisotopic (exact) mass is 1750 g/mol. The summed E-state index contributed by atoms with van der Waals surface area (Å²) in [5.41, 5.74) is 2.61. The van der Waals surface area contributed by atoms with Crippen LogP contribution in [0.15, 0.2) is 171 Å². The number of piperazine rings is 2. The molecule has 126 heavy (non-hydrogen) atoms. The number of rotatable bonds is 12. The minimum Gasteiger partial charge on any atom is -0.353 e. The summed E-state index contributed by atoms with van der Waals surface area (Å²) >= 11 is 0. The van der Waals surface area contributed by atoms with E-state index in [0.717, 1.165) is 109 Å². The van der Waals surface area contributed by atoms with Gasteiger partial charge in [-0.05, 0) is 89.3 Å². The zero-order valence-electron chi connectivity index (χ0n) is 67.7. The molecule has 0 radical (unpaired) electrons. The number of H-pyrrole nitrogens is 2. The summed E-state index contributed by atoms with van der Waals surface area (Å²) in [5, 5.41) is 25.2. The molecule has 33 nitrogen and oxygen atoms in total. The molecular formula is C80H76F13N33. The molecule has 10 atom stereocenters. The van der Waals surface area contributed by atoms with Crippen LogP contribution >= 0.6 is 0 Å². The molecular weight excluding hydrogens is 1670 g/mol. The lowest BCUT2D eigenvalue weighted by Gasteiger charge is -2.44. The summed E-state index contributed by atoms with van der Waals surface area (Å²) in [6.07, 6.45) is 17.2. The van der Waals surface area contributed by atoms with E-state index >= 15 is 0 Å². The van der Waals surface area contributed by atoms with Crippen molar-refractivity contribution in [2.75, 3.05) is 52.3 Å². The number of fused-ring (bicyclic) bond motifs is 4. The highest BCUT2D eigenvalue weighted by Crippen LogP contribution is 2.41. The first-order valence-corrected chi connectivity index (χ1v) is 39.7. The molecule has 4 N–H and O–H groups in total. The first kappa shape index (κ1) is 84.3. The Balaban J connectivity index is 0.000000119. The highest BCUT2D eigenvalue weighted by Gasteiger charge is 2.42. The van der Waals surface area contributed by atoms with Crippen LogP contribution in [0.1, 0.15) is 112 Å². The Kier molecular flexibility index (Phi) is 22.5. The van der Waals surface area contributed by atoms with Crippen LogP contribution in [0.4, 0.5) is 80.3 Å². The van der Waals surface area contributed by atoms with Crippen molar-refractivity contribution in [1.29, 1.82) is 0 Å². The molecule has 15 aromatic heterocycles. The molecule has 0 bridgehead atoms. The van der Waals surface area contributed by atoms with Crippen molar-refractivity contribution in [3.05, 3.63) is 211 Å². The fraction of sp³-hybridized carbons (Fsp3) is 0.350. The van der Waals surface area contributed by atoms with Gasteiger partial charge in [0.2, 0.25) is 5.95 Å². The molecule has 5 aliphatic heterocycles. The number of alkyl halides is 12. The van der Waals surface area contributed by atoms with Gasteiger partial charge >= 0.3 is 24.7 Å². The molecule has 0 aliphatic carbocycles. The second-order valence-corrected chi connectivity index (χ2v) is 30.9. The minimum atomic E-state index is -4.64. The van der Waals surface area contributed by atoms with E-state index < -0.39 is 53.4 Å². The van der Waals surface area contributed by atoms with Gasteiger partial charge in [-0.2, -0.15) is 77.4 Å². The van der Waals surface area contributed by atoms with Crippen molar-refractivity contribution in [1.82, 2.24) is 138 Å². The number of imidazole rings is 4. The number of aromatic nitrogens is 26. The van der Waals surface area contributed by atoms with Gasteiger partial charge in [0.25, 0.3) is 0 Å². The zero-order valence-corrected chi connectivity index (χ0v) is 67.7. The summed E-state index contributed by atoms with van der Waals surface area (Å²) in [6, 6.07) is 7.28. The van der Waals surface area contributed by atoms with E-state index in [2.05, 4.69) is 158 Å². The van der Waals surface area contributed by atoms with Crippen LogP contribution in [-0.2, 0) is 31.8 Å². The largest absolute Gasteiger partial charge is 0.434 e. The molecule has 46 heteroatoms. The summed E-state index contributed by atoms with van der Waals surface area (Å²) in [4.78, 5) is 78.2. The van der Waals surface area contributed by atoms with Crippen molar-refractivity contribution in [2.45, 2.75) is 139 Å². The predicted molar refractivity (Wildman–Crippen MR) is 432 cm³/mol. The molecule has 0 spiro atoms. The molecule has 0 amide bonds. The lowest BCUT2D eigenvalue weighted by molar-refractivity contribution is -0.142. The maximum Gasteiger partial charge on any atom is 0.434 e. The van der Waals surface area contributed by atoms with E-state index in [4.69, 9.17) is 4.98 Å². The Bertz CT molecular complexity index is 6280. The maximum absolute atomic E-state index is 14.6. The average Bonchev–Trinajstić information content (AvgIpc) is 1.66. The standard InChI is InChI=1S/C21H20F4N8.C21H22F3N9.2C19H17F3N8/c1-11-9-32(12(2)19(29-11)13-3-4-26-6-13)17-5-16(22)30-20(31-17)14-7-28-18-8-27-15(10-33(14)18)21(23,24)25;1-12-9-32(13(2)19(29-12)14-6-28-31(3)10-14)17-4-5-25-20(30-17)15-7-27-18-8-26-16(11-33(15)18)21(22,23)24;2*1-11-13(12-6-26-27-7-12)3-5-29(11)16-2-4-23-18(28-16)14-8-25-17-9-24-15(10-30(14)17)19(20,21)22/h3,5-8,10-12,19,29H,4,9H2,1-2H3;4-8,10-13,19,29H,9H2,1-3H3;2*2,4,6-11,13H,3,5H2,1H3,(H,26,27). The number of halogens is 13. The van der Waals surface area contributed by atoms with Gasteiger partial charge in [-0.25, -0.2) is 74.8 Å². The van der Waals surface area contributed by atoms with Crippen molar-refractivity contribution >= 4 is 52.1 Å². The molecule has 5 aliphatic rings. The van der Waals surface area contributed by atoms with Crippen LogP contribution in [0.25, 0.3) is 68.7 Å². The van der Waals surface area contributed by atoms with Crippen LogP contribution in [0, 0.1) is 5.95 Å². The van der Waals surface area contributed by atoms with Crippen LogP contribution < -0.4 is 30.2 Å². The van der Waals surface area contributed by atoms with Gasteiger partial charge in [0, 0.05) is 161 Å². The summed E-state index contributed by atoms with van der Waals surface area (Å²) in [5.74, 6) is 3.16. The molecule has 0 aromatic carbocycles. The first-order valence-electron chi connectivity index (χ1n) is 39.7. The van der Waals surface area contributed by atoms with E-state index in [-0.39, 0.29) is 77.0 Å². The molecule has 10 unspecified atom stereocenters. The Morgan fingerprint density at radius 2 is 0.770 bits per heavy atom. The van der Waals surface area contributed by atoms with Gasteiger partial charge < -0.3 is 30.2 Å². The third-order valence-corrected chi connectivity index (χ3v) is 22.8. The van der Waals surface area contributed by atoms with Gasteiger partial charge in [0.05, 0.1) is 86.8 Å². The minimum absolute atomic E-state index is 0.0299. The Morgan fingerprint density at radius 3 is 1.14 bits per heavy atom. The second-order valence-electron chi connectivity index (χ2n) is 30.9. The van der Waals surface area contributed by atoms with E-state index in [1.807, 2.05) is 93.5 Å². The van der Waals surface area contributed by atoms with Crippen molar-refractivity contribution in [3.63, 3.8) is 0 Å². The number of aromatic amines is 2. The number of aliphatic imine (C=N–C) groups is 1. The molecule has 20 heterocycles. The Morgan fingerprint density at radius 1 is 0.389 bits per heavy atom.